The van der Waals surface area contributed by atoms with Gasteiger partial charge in [0.05, 0.1) is 18.3 Å². The molecule has 3 saturated heterocycles. The Hall–Kier alpha value is -0.760. The van der Waals surface area contributed by atoms with Gasteiger partial charge in [-0.1, -0.05) is 24.3 Å². The van der Waals surface area contributed by atoms with Gasteiger partial charge in [-0.15, -0.1) is 0 Å². The van der Waals surface area contributed by atoms with Crippen molar-refractivity contribution in [2.24, 2.45) is 17.8 Å². The molecular formula is C27H42O6. The van der Waals surface area contributed by atoms with Gasteiger partial charge in [0.1, 0.15) is 0 Å². The van der Waals surface area contributed by atoms with Gasteiger partial charge >= 0.3 is 0 Å². The largest absolute Gasteiger partial charge is 0.368 e. The maximum absolute atomic E-state index is 10.1. The molecule has 1 N–H and O–H groups in total. The van der Waals surface area contributed by atoms with E-state index in [9.17, 15) is 5.11 Å². The second kappa shape index (κ2) is 11.8. The van der Waals surface area contributed by atoms with Gasteiger partial charge in [0, 0.05) is 32.0 Å². The highest BCUT2D eigenvalue weighted by atomic mass is 16.7. The first kappa shape index (κ1) is 24.0. The first-order chi connectivity index (χ1) is 16.2. The summed E-state index contributed by atoms with van der Waals surface area (Å²) in [6, 6.07) is 0. The van der Waals surface area contributed by atoms with Gasteiger partial charge in [-0.2, -0.15) is 0 Å². The maximum Gasteiger partial charge on any atom is 0.158 e. The number of fused-ring (bicyclic) bond motifs is 1. The Morgan fingerprint density at radius 3 is 2.52 bits per heavy atom. The predicted octanol–water partition coefficient (Wildman–Crippen LogP) is 4.86. The normalized spacial score (nSPS) is 42.6. The molecule has 0 radical (unpaired) electrons. The second-order valence-corrected chi connectivity index (χ2v) is 10.5. The number of hydrogen-bond donors (Lipinski definition) is 1. The van der Waals surface area contributed by atoms with Crippen molar-refractivity contribution in [1.29, 1.82) is 0 Å². The molecule has 3 heterocycles. The fraction of sp³-hybridized carbons (Fsp3) is 0.852. The van der Waals surface area contributed by atoms with Crippen LogP contribution >= 0.6 is 0 Å². The topological polar surface area (TPSA) is 66.4 Å². The third kappa shape index (κ3) is 6.47. The van der Waals surface area contributed by atoms with Gasteiger partial charge in [-0.3, -0.25) is 0 Å². The summed E-state index contributed by atoms with van der Waals surface area (Å²) in [4.78, 5) is 0. The van der Waals surface area contributed by atoms with E-state index in [1.807, 2.05) is 0 Å². The monoisotopic (exact) mass is 462 g/mol. The lowest BCUT2D eigenvalue weighted by atomic mass is 9.88. The van der Waals surface area contributed by atoms with Crippen LogP contribution in [0.5, 0.6) is 0 Å². The first-order valence-corrected chi connectivity index (χ1v) is 13.5. The molecule has 4 fully saturated rings. The SMILES string of the molecule is OC1C[C@@H]2[C@@H](/C=C/[C@H](CC3C=CCCC3)OC3CCCCO3)[C@H](OC3CCCCO3)C[C@@H]2O1. The zero-order chi connectivity index (χ0) is 22.5. The zero-order valence-corrected chi connectivity index (χ0v) is 19.9. The van der Waals surface area contributed by atoms with Crippen LogP contribution in [0.2, 0.25) is 0 Å². The highest BCUT2D eigenvalue weighted by Gasteiger charge is 2.49. The van der Waals surface area contributed by atoms with E-state index in [2.05, 4.69) is 24.3 Å². The van der Waals surface area contributed by atoms with Crippen molar-refractivity contribution in [2.45, 2.75) is 114 Å². The molecule has 0 amide bonds. The van der Waals surface area contributed by atoms with Crippen LogP contribution in [-0.4, -0.2) is 55.5 Å². The van der Waals surface area contributed by atoms with Crippen LogP contribution in [0.4, 0.5) is 0 Å². The molecule has 0 aromatic heterocycles. The van der Waals surface area contributed by atoms with Crippen molar-refractivity contribution in [1.82, 2.24) is 0 Å². The fourth-order valence-corrected chi connectivity index (χ4v) is 6.29. The second-order valence-electron chi connectivity index (χ2n) is 10.5. The van der Waals surface area contributed by atoms with E-state index in [-0.39, 0.29) is 42.7 Å². The van der Waals surface area contributed by atoms with Gasteiger partial charge in [-0.25, -0.2) is 0 Å². The summed E-state index contributed by atoms with van der Waals surface area (Å²) in [5, 5.41) is 10.1. The van der Waals surface area contributed by atoms with Crippen LogP contribution in [0.1, 0.15) is 77.0 Å². The minimum atomic E-state index is -0.655. The summed E-state index contributed by atoms with van der Waals surface area (Å²) in [6.07, 6.45) is 21.2. The number of ether oxygens (including phenoxy) is 5. The summed E-state index contributed by atoms with van der Waals surface area (Å²) < 4.78 is 30.5. The number of aliphatic hydroxyl groups is 1. The molecule has 33 heavy (non-hydrogen) atoms. The van der Waals surface area contributed by atoms with E-state index in [0.717, 1.165) is 58.2 Å². The Bertz CT molecular complexity index is 653. The molecule has 9 atom stereocenters. The maximum atomic E-state index is 10.1. The van der Waals surface area contributed by atoms with E-state index in [4.69, 9.17) is 23.7 Å². The molecule has 186 valence electrons. The van der Waals surface area contributed by atoms with Gasteiger partial charge in [0.2, 0.25) is 0 Å². The average molecular weight is 463 g/mol. The quantitative estimate of drug-likeness (QED) is 0.520. The van der Waals surface area contributed by atoms with E-state index in [0.29, 0.717) is 12.3 Å². The molecule has 5 rings (SSSR count). The molecule has 2 aliphatic carbocycles. The Balaban J connectivity index is 1.28. The van der Waals surface area contributed by atoms with Crippen molar-refractivity contribution in [3.8, 4) is 0 Å². The Labute approximate surface area is 198 Å². The first-order valence-electron chi connectivity index (χ1n) is 13.5. The van der Waals surface area contributed by atoms with Crippen molar-refractivity contribution in [3.63, 3.8) is 0 Å². The third-order valence-corrected chi connectivity index (χ3v) is 8.04. The molecule has 0 bridgehead atoms. The molecule has 5 aliphatic rings. The molecule has 0 aromatic carbocycles. The van der Waals surface area contributed by atoms with Crippen molar-refractivity contribution >= 4 is 0 Å². The molecule has 0 aromatic rings. The smallest absolute Gasteiger partial charge is 0.158 e. The Morgan fingerprint density at radius 2 is 1.79 bits per heavy atom. The van der Waals surface area contributed by atoms with Crippen molar-refractivity contribution in [2.75, 3.05) is 13.2 Å². The lowest BCUT2D eigenvalue weighted by Crippen LogP contribution is -2.32. The molecular weight excluding hydrogens is 420 g/mol. The van der Waals surface area contributed by atoms with Crippen LogP contribution in [0.3, 0.4) is 0 Å². The summed E-state index contributed by atoms with van der Waals surface area (Å²) >= 11 is 0. The molecule has 4 unspecified atom stereocenters. The standard InChI is InChI=1S/C27H42O6/c28-25-17-22-21(23(18-24(22)32-25)33-27-11-5-7-15-30-27)13-12-20(16-19-8-2-1-3-9-19)31-26-10-4-6-14-29-26/h2,8,12-13,19-28H,1,3-7,9-11,14-18H2/b13-12+/t19?,20-,21-,22-,23-,24+,25?,26?,27?/m1/s1. The van der Waals surface area contributed by atoms with Crippen LogP contribution in [-0.2, 0) is 23.7 Å². The Kier molecular flexibility index (Phi) is 8.55. The van der Waals surface area contributed by atoms with Gasteiger partial charge in [0.15, 0.2) is 18.9 Å². The van der Waals surface area contributed by atoms with Gasteiger partial charge < -0.3 is 28.8 Å². The summed E-state index contributed by atoms with van der Waals surface area (Å²) in [5.41, 5.74) is 0. The summed E-state index contributed by atoms with van der Waals surface area (Å²) in [5.74, 6) is 1.05. The highest BCUT2D eigenvalue weighted by Crippen LogP contribution is 2.45. The molecule has 3 aliphatic heterocycles. The summed E-state index contributed by atoms with van der Waals surface area (Å²) in [7, 11) is 0. The average Bonchev–Trinajstić information content (AvgIpc) is 3.35. The lowest BCUT2D eigenvalue weighted by Gasteiger charge is -2.30. The summed E-state index contributed by atoms with van der Waals surface area (Å²) in [6.45, 7) is 1.58. The predicted molar refractivity (Wildman–Crippen MR) is 124 cm³/mol. The minimum absolute atomic E-state index is 0.0266. The minimum Gasteiger partial charge on any atom is -0.368 e. The number of hydrogen-bond acceptors (Lipinski definition) is 6. The van der Waals surface area contributed by atoms with Crippen molar-refractivity contribution in [3.05, 3.63) is 24.3 Å². The number of aliphatic hydroxyl groups excluding tert-OH is 1. The van der Waals surface area contributed by atoms with Crippen LogP contribution < -0.4 is 0 Å². The molecule has 0 spiro atoms. The van der Waals surface area contributed by atoms with Gasteiger partial charge in [-0.05, 0) is 76.0 Å². The number of allylic oxidation sites excluding steroid dienone is 2. The van der Waals surface area contributed by atoms with Crippen molar-refractivity contribution < 1.29 is 28.8 Å². The van der Waals surface area contributed by atoms with Gasteiger partial charge in [0.25, 0.3) is 0 Å². The van der Waals surface area contributed by atoms with Crippen LogP contribution in [0.15, 0.2) is 24.3 Å². The third-order valence-electron chi connectivity index (χ3n) is 8.04. The van der Waals surface area contributed by atoms with E-state index < -0.39 is 6.29 Å². The Morgan fingerprint density at radius 1 is 0.970 bits per heavy atom. The van der Waals surface area contributed by atoms with Crippen LogP contribution in [0, 0.1) is 17.8 Å². The molecule has 6 heteroatoms. The fourth-order valence-electron chi connectivity index (χ4n) is 6.29. The van der Waals surface area contributed by atoms with E-state index in [1.54, 1.807) is 0 Å². The molecule has 1 saturated carbocycles. The molecule has 6 nitrogen and oxygen atoms in total. The van der Waals surface area contributed by atoms with E-state index in [1.165, 1.54) is 25.7 Å². The number of rotatable bonds is 8. The van der Waals surface area contributed by atoms with E-state index >= 15 is 0 Å². The highest BCUT2D eigenvalue weighted by molar-refractivity contribution is 5.08. The zero-order valence-electron chi connectivity index (χ0n) is 19.9. The van der Waals surface area contributed by atoms with Crippen LogP contribution in [0.25, 0.3) is 0 Å². The lowest BCUT2D eigenvalue weighted by molar-refractivity contribution is -0.196.